The molecule has 0 saturated heterocycles. The van der Waals surface area contributed by atoms with Crippen LogP contribution in [-0.2, 0) is 10.0 Å². The van der Waals surface area contributed by atoms with Gasteiger partial charge in [-0.2, -0.15) is 0 Å². The standard InChI is InChI=1S/C8H18N2O2S.ClH/c1-2-13(11,12)10-8(7-9)5-3-4-6-8;/h10H,2-7,9H2,1H3;1H. The van der Waals surface area contributed by atoms with Gasteiger partial charge in [0.15, 0.2) is 0 Å². The molecule has 0 atom stereocenters. The van der Waals surface area contributed by atoms with Crippen molar-refractivity contribution in [2.24, 2.45) is 5.73 Å². The molecule has 4 nitrogen and oxygen atoms in total. The van der Waals surface area contributed by atoms with E-state index in [9.17, 15) is 8.42 Å². The van der Waals surface area contributed by atoms with E-state index in [0.717, 1.165) is 25.7 Å². The molecule has 0 radical (unpaired) electrons. The van der Waals surface area contributed by atoms with Crippen LogP contribution < -0.4 is 10.5 Å². The van der Waals surface area contributed by atoms with Crippen molar-refractivity contribution in [3.63, 3.8) is 0 Å². The fourth-order valence-corrected chi connectivity index (χ4v) is 2.89. The van der Waals surface area contributed by atoms with Crippen molar-refractivity contribution in [2.75, 3.05) is 12.3 Å². The van der Waals surface area contributed by atoms with E-state index in [1.54, 1.807) is 6.92 Å². The molecule has 0 amide bonds. The van der Waals surface area contributed by atoms with Gasteiger partial charge in [-0.05, 0) is 19.8 Å². The molecule has 0 bridgehead atoms. The van der Waals surface area contributed by atoms with Crippen molar-refractivity contribution in [3.8, 4) is 0 Å². The van der Waals surface area contributed by atoms with Gasteiger partial charge in [-0.1, -0.05) is 12.8 Å². The highest BCUT2D eigenvalue weighted by atomic mass is 35.5. The van der Waals surface area contributed by atoms with Crippen LogP contribution in [0.1, 0.15) is 32.6 Å². The number of halogens is 1. The first-order valence-electron chi connectivity index (χ1n) is 4.75. The average Bonchev–Trinajstić information content (AvgIpc) is 2.53. The number of nitrogens with two attached hydrogens (primary N) is 1. The fraction of sp³-hybridized carbons (Fsp3) is 1.00. The predicted octanol–water partition coefficient (Wildman–Crippen LogP) is 0.619. The van der Waals surface area contributed by atoms with Crippen molar-refractivity contribution in [1.82, 2.24) is 4.72 Å². The fourth-order valence-electron chi connectivity index (χ4n) is 1.80. The minimum absolute atomic E-state index is 0. The minimum Gasteiger partial charge on any atom is -0.329 e. The summed E-state index contributed by atoms with van der Waals surface area (Å²) in [5.41, 5.74) is 5.27. The second-order valence-electron chi connectivity index (χ2n) is 3.70. The number of sulfonamides is 1. The molecule has 0 aromatic carbocycles. The first-order chi connectivity index (χ1) is 6.04. The topological polar surface area (TPSA) is 72.2 Å². The number of hydrogen-bond donors (Lipinski definition) is 2. The lowest BCUT2D eigenvalue weighted by molar-refractivity contribution is 0.400. The Labute approximate surface area is 92.1 Å². The second kappa shape index (κ2) is 5.30. The Morgan fingerprint density at radius 2 is 1.86 bits per heavy atom. The van der Waals surface area contributed by atoms with Gasteiger partial charge in [0.25, 0.3) is 0 Å². The average molecular weight is 243 g/mol. The smallest absolute Gasteiger partial charge is 0.211 e. The highest BCUT2D eigenvalue weighted by molar-refractivity contribution is 7.89. The SMILES string of the molecule is CCS(=O)(=O)NC1(CN)CCCC1.Cl. The molecule has 1 aliphatic carbocycles. The molecule has 0 aliphatic heterocycles. The van der Waals surface area contributed by atoms with E-state index >= 15 is 0 Å². The normalized spacial score (nSPS) is 20.4. The Balaban J connectivity index is 0.00000169. The zero-order valence-electron chi connectivity index (χ0n) is 8.45. The van der Waals surface area contributed by atoms with E-state index in [0.29, 0.717) is 6.54 Å². The summed E-state index contributed by atoms with van der Waals surface area (Å²) < 4.78 is 25.4. The lowest BCUT2D eigenvalue weighted by Crippen LogP contribution is -2.51. The Kier molecular flexibility index (Phi) is 5.36. The molecular formula is C8H19ClN2O2S. The van der Waals surface area contributed by atoms with Gasteiger partial charge in [0, 0.05) is 12.1 Å². The molecule has 0 unspecified atom stereocenters. The zero-order valence-corrected chi connectivity index (χ0v) is 10.1. The quantitative estimate of drug-likeness (QED) is 0.759. The summed E-state index contributed by atoms with van der Waals surface area (Å²) in [4.78, 5) is 0. The molecule has 1 saturated carbocycles. The van der Waals surface area contributed by atoms with Crippen LogP contribution in [0.15, 0.2) is 0 Å². The lowest BCUT2D eigenvalue weighted by atomic mass is 10.0. The summed E-state index contributed by atoms with van der Waals surface area (Å²) in [6.45, 7) is 2.05. The van der Waals surface area contributed by atoms with Crippen molar-refractivity contribution in [1.29, 1.82) is 0 Å². The predicted molar refractivity (Wildman–Crippen MR) is 60.1 cm³/mol. The summed E-state index contributed by atoms with van der Waals surface area (Å²) in [6.07, 6.45) is 3.90. The molecule has 0 aromatic heterocycles. The maximum atomic E-state index is 11.4. The van der Waals surface area contributed by atoms with Crippen LogP contribution in [0.2, 0.25) is 0 Å². The Morgan fingerprint density at radius 1 is 1.36 bits per heavy atom. The minimum atomic E-state index is -3.10. The van der Waals surface area contributed by atoms with Crippen LogP contribution in [-0.4, -0.2) is 26.3 Å². The van der Waals surface area contributed by atoms with E-state index in [2.05, 4.69) is 4.72 Å². The third kappa shape index (κ3) is 3.38. The van der Waals surface area contributed by atoms with Gasteiger partial charge in [0.2, 0.25) is 10.0 Å². The van der Waals surface area contributed by atoms with Crippen molar-refractivity contribution < 1.29 is 8.42 Å². The largest absolute Gasteiger partial charge is 0.329 e. The lowest BCUT2D eigenvalue weighted by Gasteiger charge is -2.27. The highest BCUT2D eigenvalue weighted by Crippen LogP contribution is 2.29. The maximum absolute atomic E-state index is 11.4. The maximum Gasteiger partial charge on any atom is 0.211 e. The molecular weight excluding hydrogens is 224 g/mol. The van der Waals surface area contributed by atoms with Gasteiger partial charge in [-0.3, -0.25) is 0 Å². The highest BCUT2D eigenvalue weighted by Gasteiger charge is 2.35. The molecule has 3 N–H and O–H groups in total. The van der Waals surface area contributed by atoms with Crippen LogP contribution in [0.25, 0.3) is 0 Å². The summed E-state index contributed by atoms with van der Waals surface area (Å²) in [5.74, 6) is 0.134. The number of rotatable bonds is 4. The Hall–Kier alpha value is 0.160. The van der Waals surface area contributed by atoms with Gasteiger partial charge >= 0.3 is 0 Å². The molecule has 1 fully saturated rings. The van der Waals surface area contributed by atoms with Crippen LogP contribution in [0.3, 0.4) is 0 Å². The van der Waals surface area contributed by atoms with Gasteiger partial charge in [0.05, 0.1) is 5.75 Å². The number of nitrogens with one attached hydrogen (secondary N) is 1. The van der Waals surface area contributed by atoms with Gasteiger partial charge in [-0.15, -0.1) is 12.4 Å². The van der Waals surface area contributed by atoms with Crippen LogP contribution in [0.4, 0.5) is 0 Å². The Bertz CT molecular complexity index is 261. The Morgan fingerprint density at radius 3 is 2.21 bits per heavy atom. The second-order valence-corrected chi connectivity index (χ2v) is 5.71. The van der Waals surface area contributed by atoms with Gasteiger partial charge in [-0.25, -0.2) is 13.1 Å². The van der Waals surface area contributed by atoms with Crippen LogP contribution in [0.5, 0.6) is 0 Å². The van der Waals surface area contributed by atoms with Crippen molar-refractivity contribution in [2.45, 2.75) is 38.1 Å². The molecule has 0 heterocycles. The van der Waals surface area contributed by atoms with E-state index < -0.39 is 10.0 Å². The first kappa shape index (κ1) is 14.2. The molecule has 86 valence electrons. The molecule has 0 spiro atoms. The molecule has 1 rings (SSSR count). The van der Waals surface area contributed by atoms with Crippen LogP contribution >= 0.6 is 12.4 Å². The monoisotopic (exact) mass is 242 g/mol. The van der Waals surface area contributed by atoms with E-state index in [1.165, 1.54) is 0 Å². The number of hydrogen-bond acceptors (Lipinski definition) is 3. The molecule has 0 aromatic rings. The summed E-state index contributed by atoms with van der Waals surface area (Å²) in [6, 6.07) is 0. The zero-order chi connectivity index (χ0) is 9.95. The summed E-state index contributed by atoms with van der Waals surface area (Å²) in [5, 5.41) is 0. The molecule has 6 heteroatoms. The van der Waals surface area contributed by atoms with Gasteiger partial charge in [0.1, 0.15) is 0 Å². The van der Waals surface area contributed by atoms with Crippen molar-refractivity contribution >= 4 is 22.4 Å². The summed E-state index contributed by atoms with van der Waals surface area (Å²) >= 11 is 0. The molecule has 14 heavy (non-hydrogen) atoms. The third-order valence-electron chi connectivity index (χ3n) is 2.70. The van der Waals surface area contributed by atoms with Crippen LogP contribution in [0, 0.1) is 0 Å². The van der Waals surface area contributed by atoms with Crippen molar-refractivity contribution in [3.05, 3.63) is 0 Å². The van der Waals surface area contributed by atoms with E-state index in [4.69, 9.17) is 5.73 Å². The third-order valence-corrected chi connectivity index (χ3v) is 4.21. The molecule has 1 aliphatic rings. The van der Waals surface area contributed by atoms with Gasteiger partial charge < -0.3 is 5.73 Å². The van der Waals surface area contributed by atoms with E-state index in [-0.39, 0.29) is 23.7 Å². The van der Waals surface area contributed by atoms with E-state index in [1.807, 2.05) is 0 Å². The summed E-state index contributed by atoms with van der Waals surface area (Å²) in [7, 11) is -3.10. The first-order valence-corrected chi connectivity index (χ1v) is 6.40.